The molecule has 11 heavy (non-hydrogen) atoms. The molecule has 0 aliphatic heterocycles. The molecule has 0 saturated heterocycles. The van der Waals surface area contributed by atoms with Crippen LogP contribution in [0.5, 0.6) is 5.75 Å². The van der Waals surface area contributed by atoms with Gasteiger partial charge in [-0.2, -0.15) is 0 Å². The molecule has 54 valence electrons. The van der Waals surface area contributed by atoms with E-state index in [0.717, 1.165) is 5.56 Å². The molecule has 0 aliphatic rings. The molecular weight excluding hydrogens is 170 g/mol. The van der Waals surface area contributed by atoms with Gasteiger partial charge in [-0.1, -0.05) is 18.2 Å². The van der Waals surface area contributed by atoms with Gasteiger partial charge >= 0.3 is 38.2 Å². The third kappa shape index (κ3) is 3.35. The molecule has 0 spiro atoms. The van der Waals surface area contributed by atoms with Crippen molar-refractivity contribution in [3.63, 3.8) is 0 Å². The van der Waals surface area contributed by atoms with E-state index in [1.165, 1.54) is 0 Å². The van der Waals surface area contributed by atoms with Crippen LogP contribution in [0.15, 0.2) is 24.3 Å². The number of hydrogen-bond acceptors (Lipinski definition) is 2. The van der Waals surface area contributed by atoms with Crippen LogP contribution < -0.4 is 4.52 Å². The van der Waals surface area contributed by atoms with E-state index in [1.54, 1.807) is 6.07 Å². The quantitative estimate of drug-likeness (QED) is 0.511. The fourth-order valence-corrected chi connectivity index (χ4v) is 0.984. The first kappa shape index (κ1) is 11.1. The summed E-state index contributed by atoms with van der Waals surface area (Å²) in [7, 11) is -0.300. The monoisotopic (exact) mass is 178 g/mol. The summed E-state index contributed by atoms with van der Waals surface area (Å²) in [6.07, 6.45) is 0. The Morgan fingerprint density at radius 2 is 2.00 bits per heavy atom. The van der Waals surface area contributed by atoms with Crippen molar-refractivity contribution >= 4 is 38.2 Å². The first-order chi connectivity index (χ1) is 4.84. The van der Waals surface area contributed by atoms with Gasteiger partial charge in [-0.25, -0.2) is 4.57 Å². The van der Waals surface area contributed by atoms with Gasteiger partial charge in [0.1, 0.15) is 5.75 Å². The van der Waals surface area contributed by atoms with E-state index < -0.39 is 0 Å². The van der Waals surface area contributed by atoms with Crippen LogP contribution >= 0.6 is 8.69 Å². The summed E-state index contributed by atoms with van der Waals surface area (Å²) in [6.45, 7) is 1.90. The molecule has 1 aromatic rings. The maximum absolute atomic E-state index is 10.0. The van der Waals surface area contributed by atoms with Gasteiger partial charge in [0.15, 0.2) is 0 Å². The second-order valence-corrected chi connectivity index (χ2v) is 2.26. The number of aryl methyl sites for hydroxylation is 1. The molecule has 0 heterocycles. The van der Waals surface area contributed by atoms with Crippen molar-refractivity contribution in [1.29, 1.82) is 0 Å². The molecule has 0 aromatic heterocycles. The Balaban J connectivity index is 0.000001000. The summed E-state index contributed by atoms with van der Waals surface area (Å²) in [4.78, 5) is 0. The first-order valence-corrected chi connectivity index (χ1v) is 3.63. The van der Waals surface area contributed by atoms with Crippen molar-refractivity contribution in [3.05, 3.63) is 29.8 Å². The fourth-order valence-electron chi connectivity index (χ4n) is 0.699. The van der Waals surface area contributed by atoms with Crippen LogP contribution in [0.2, 0.25) is 0 Å². The summed E-state index contributed by atoms with van der Waals surface area (Å²) >= 11 is 0. The van der Waals surface area contributed by atoms with E-state index >= 15 is 0 Å². The van der Waals surface area contributed by atoms with E-state index in [4.69, 9.17) is 4.52 Å². The molecule has 2 nitrogen and oxygen atoms in total. The van der Waals surface area contributed by atoms with Crippen molar-refractivity contribution in [1.82, 2.24) is 0 Å². The van der Waals surface area contributed by atoms with Gasteiger partial charge < -0.3 is 4.52 Å². The molecular formula is C7H8NaO2P. The molecule has 0 amide bonds. The SMILES string of the molecule is Cc1ccccc1OP=O.[NaH]. The Labute approximate surface area is 89.5 Å². The molecule has 0 N–H and O–H groups in total. The van der Waals surface area contributed by atoms with Crippen LogP contribution in [0, 0.1) is 6.92 Å². The van der Waals surface area contributed by atoms with E-state index in [0.29, 0.717) is 5.75 Å². The second kappa shape index (κ2) is 5.73. The molecule has 0 bridgehead atoms. The molecule has 0 aliphatic carbocycles. The molecule has 1 rings (SSSR count). The van der Waals surface area contributed by atoms with Gasteiger partial charge in [-0.05, 0) is 18.6 Å². The van der Waals surface area contributed by atoms with Crippen LogP contribution in [-0.2, 0) is 4.57 Å². The third-order valence-electron chi connectivity index (χ3n) is 1.23. The Morgan fingerprint density at radius 1 is 1.36 bits per heavy atom. The van der Waals surface area contributed by atoms with Crippen molar-refractivity contribution in [2.45, 2.75) is 6.92 Å². The topological polar surface area (TPSA) is 26.3 Å². The van der Waals surface area contributed by atoms with Crippen LogP contribution in [0.3, 0.4) is 0 Å². The first-order valence-electron chi connectivity index (χ1n) is 2.90. The van der Waals surface area contributed by atoms with Gasteiger partial charge in [0.25, 0.3) is 0 Å². The number of para-hydroxylation sites is 1. The predicted molar refractivity (Wildman–Crippen MR) is 46.6 cm³/mol. The third-order valence-corrected chi connectivity index (χ3v) is 1.50. The van der Waals surface area contributed by atoms with E-state index in [-0.39, 0.29) is 38.2 Å². The molecule has 0 atom stereocenters. The van der Waals surface area contributed by atoms with Crippen molar-refractivity contribution in [2.75, 3.05) is 0 Å². The zero-order chi connectivity index (χ0) is 7.40. The van der Waals surface area contributed by atoms with Gasteiger partial charge in [0.05, 0.1) is 0 Å². The van der Waals surface area contributed by atoms with Crippen LogP contribution in [0.1, 0.15) is 5.56 Å². The van der Waals surface area contributed by atoms with Gasteiger partial charge in [-0.3, -0.25) is 0 Å². The van der Waals surface area contributed by atoms with Crippen molar-refractivity contribution < 1.29 is 9.09 Å². The average Bonchev–Trinajstić information content (AvgIpc) is 1.94. The van der Waals surface area contributed by atoms with Gasteiger partial charge in [0.2, 0.25) is 0 Å². The van der Waals surface area contributed by atoms with E-state index in [1.807, 2.05) is 25.1 Å². The zero-order valence-corrected chi connectivity index (χ0v) is 6.47. The molecule has 4 heteroatoms. The molecule has 0 fully saturated rings. The summed E-state index contributed by atoms with van der Waals surface area (Å²) in [6, 6.07) is 7.43. The maximum atomic E-state index is 10.0. The number of rotatable bonds is 2. The summed E-state index contributed by atoms with van der Waals surface area (Å²) < 4.78 is 14.8. The summed E-state index contributed by atoms with van der Waals surface area (Å²) in [5.41, 5.74) is 0.992. The Kier molecular flexibility index (Phi) is 5.79. The van der Waals surface area contributed by atoms with E-state index in [9.17, 15) is 4.57 Å². The van der Waals surface area contributed by atoms with Crippen molar-refractivity contribution in [3.8, 4) is 5.75 Å². The molecule has 0 saturated carbocycles. The number of hydrogen-bond donors (Lipinski definition) is 0. The average molecular weight is 178 g/mol. The zero-order valence-electron chi connectivity index (χ0n) is 5.57. The minimum absolute atomic E-state index is 0. The summed E-state index contributed by atoms with van der Waals surface area (Å²) in [5.74, 6) is 0.666. The van der Waals surface area contributed by atoms with E-state index in [2.05, 4.69) is 0 Å². The summed E-state index contributed by atoms with van der Waals surface area (Å²) in [5, 5.41) is 0. The van der Waals surface area contributed by atoms with Crippen LogP contribution in [0.4, 0.5) is 0 Å². The Hall–Kier alpha value is 0.120. The molecule has 0 unspecified atom stereocenters. The van der Waals surface area contributed by atoms with Gasteiger partial charge in [0, 0.05) is 0 Å². The fraction of sp³-hybridized carbons (Fsp3) is 0.143. The predicted octanol–water partition coefficient (Wildman–Crippen LogP) is 1.93. The van der Waals surface area contributed by atoms with Crippen molar-refractivity contribution in [2.24, 2.45) is 0 Å². The van der Waals surface area contributed by atoms with Crippen LogP contribution in [0.25, 0.3) is 0 Å². The Morgan fingerprint density at radius 3 is 2.55 bits per heavy atom. The standard InChI is InChI=1S/C7H7O2P.Na.H/c1-6-4-2-3-5-7(6)9-10-8;;/h2-5H,1H3;;. The minimum atomic E-state index is -0.300. The second-order valence-electron chi connectivity index (χ2n) is 1.93. The molecule has 0 radical (unpaired) electrons. The van der Waals surface area contributed by atoms with Gasteiger partial charge in [-0.15, -0.1) is 0 Å². The Bertz CT molecular complexity index is 240. The number of benzene rings is 1. The normalized spacial score (nSPS) is 8.82. The molecule has 1 aromatic carbocycles. The van der Waals surface area contributed by atoms with Crippen LogP contribution in [-0.4, -0.2) is 29.6 Å².